The number of carbonyl (C=O) groups is 2. The Balaban J connectivity index is 1.53. The first-order chi connectivity index (χ1) is 17.9. The Morgan fingerprint density at radius 2 is 1.78 bits per heavy atom. The van der Waals surface area contributed by atoms with E-state index in [1.807, 2.05) is 13.0 Å². The number of Topliss-reactive ketones (excluding diaryl/α,β-unsaturated/α-hetero) is 1. The number of benzene rings is 1. The van der Waals surface area contributed by atoms with Gasteiger partial charge < -0.3 is 5.11 Å². The van der Waals surface area contributed by atoms with Gasteiger partial charge in [-0.15, -0.1) is 0 Å². The molecule has 0 saturated heterocycles. The van der Waals surface area contributed by atoms with Gasteiger partial charge in [-0.25, -0.2) is 23.7 Å². The van der Waals surface area contributed by atoms with Crippen LogP contribution in [0.5, 0.6) is 0 Å². The highest BCUT2D eigenvalue weighted by molar-refractivity contribution is 5.97. The Hall–Kier alpha value is -3.68. The number of ketones is 1. The van der Waals surface area contributed by atoms with Crippen LogP contribution in [0.3, 0.4) is 0 Å². The average molecular weight is 503 g/mol. The summed E-state index contributed by atoms with van der Waals surface area (Å²) in [5.41, 5.74) is 2.06. The van der Waals surface area contributed by atoms with Gasteiger partial charge in [0, 0.05) is 28.6 Å². The van der Waals surface area contributed by atoms with Gasteiger partial charge in [0.15, 0.2) is 17.2 Å². The summed E-state index contributed by atoms with van der Waals surface area (Å²) < 4.78 is 17.2. The average Bonchev–Trinajstić information content (AvgIpc) is 3.36. The molecule has 192 valence electrons. The Bertz CT molecular complexity index is 1500. The predicted octanol–water partition coefficient (Wildman–Crippen LogP) is 6.52. The van der Waals surface area contributed by atoms with E-state index in [4.69, 9.17) is 0 Å². The second-order valence-electron chi connectivity index (χ2n) is 10.2. The number of aromatic nitrogens is 4. The number of aromatic carboxylic acids is 1. The maximum absolute atomic E-state index is 15.5. The summed E-state index contributed by atoms with van der Waals surface area (Å²) >= 11 is 0. The van der Waals surface area contributed by atoms with E-state index in [-0.39, 0.29) is 28.5 Å². The zero-order chi connectivity index (χ0) is 26.1. The van der Waals surface area contributed by atoms with E-state index in [0.29, 0.717) is 34.8 Å². The van der Waals surface area contributed by atoms with E-state index in [1.54, 1.807) is 22.7 Å². The fraction of sp³-hybridized carbons (Fsp3) is 0.414. The number of hydrogen-bond donors (Lipinski definition) is 1. The van der Waals surface area contributed by atoms with Crippen LogP contribution in [-0.4, -0.2) is 36.4 Å². The van der Waals surface area contributed by atoms with Gasteiger partial charge in [0.25, 0.3) is 0 Å². The van der Waals surface area contributed by atoms with Crippen LogP contribution in [0.15, 0.2) is 36.4 Å². The fourth-order valence-electron chi connectivity index (χ4n) is 5.32. The van der Waals surface area contributed by atoms with E-state index in [1.165, 1.54) is 25.0 Å². The van der Waals surface area contributed by atoms with Gasteiger partial charge in [-0.1, -0.05) is 58.1 Å². The molecule has 8 heteroatoms. The molecule has 0 bridgehead atoms. The molecule has 3 aromatic heterocycles. The molecule has 0 amide bonds. The predicted molar refractivity (Wildman–Crippen MR) is 139 cm³/mol. The van der Waals surface area contributed by atoms with Crippen LogP contribution in [-0.2, 0) is 6.42 Å². The fourth-order valence-corrected chi connectivity index (χ4v) is 5.32. The van der Waals surface area contributed by atoms with Crippen LogP contribution in [0.4, 0.5) is 4.39 Å². The molecule has 1 unspecified atom stereocenters. The van der Waals surface area contributed by atoms with Gasteiger partial charge in [-0.2, -0.15) is 5.10 Å². The summed E-state index contributed by atoms with van der Waals surface area (Å²) in [5, 5.41) is 14.4. The van der Waals surface area contributed by atoms with Crippen LogP contribution in [0.2, 0.25) is 0 Å². The minimum absolute atomic E-state index is 0.0246. The second-order valence-corrected chi connectivity index (χ2v) is 10.2. The quantitative estimate of drug-likeness (QED) is 0.312. The van der Waals surface area contributed by atoms with Crippen molar-refractivity contribution in [2.24, 2.45) is 11.8 Å². The molecule has 37 heavy (non-hydrogen) atoms. The summed E-state index contributed by atoms with van der Waals surface area (Å²) in [6.07, 6.45) is 8.12. The van der Waals surface area contributed by atoms with Crippen LogP contribution in [0.1, 0.15) is 85.5 Å². The van der Waals surface area contributed by atoms with Crippen molar-refractivity contribution in [3.63, 3.8) is 0 Å². The molecular formula is C29H31FN4O3. The van der Waals surface area contributed by atoms with Crippen LogP contribution in [0.25, 0.3) is 27.8 Å². The Kier molecular flexibility index (Phi) is 7.00. The van der Waals surface area contributed by atoms with Gasteiger partial charge in [0.2, 0.25) is 0 Å². The van der Waals surface area contributed by atoms with Gasteiger partial charge in [0.05, 0.1) is 5.69 Å². The lowest BCUT2D eigenvalue weighted by Crippen LogP contribution is -2.18. The third kappa shape index (κ3) is 4.97. The minimum atomic E-state index is -1.22. The van der Waals surface area contributed by atoms with Crippen molar-refractivity contribution in [1.82, 2.24) is 19.6 Å². The maximum Gasteiger partial charge on any atom is 0.354 e. The van der Waals surface area contributed by atoms with Crippen molar-refractivity contribution in [3.8, 4) is 11.3 Å². The molecule has 5 rings (SSSR count). The summed E-state index contributed by atoms with van der Waals surface area (Å²) in [5.74, 6) is -1.18. The van der Waals surface area contributed by atoms with Crippen molar-refractivity contribution in [2.75, 3.05) is 0 Å². The molecule has 0 radical (unpaired) electrons. The van der Waals surface area contributed by atoms with Crippen molar-refractivity contribution in [2.45, 2.75) is 65.2 Å². The highest BCUT2D eigenvalue weighted by atomic mass is 19.1. The number of carbonyl (C=O) groups excluding carboxylic acids is 1. The maximum atomic E-state index is 15.5. The lowest BCUT2D eigenvalue weighted by Gasteiger charge is -2.16. The van der Waals surface area contributed by atoms with Gasteiger partial charge in [-0.05, 0) is 43.4 Å². The van der Waals surface area contributed by atoms with Crippen molar-refractivity contribution < 1.29 is 19.1 Å². The standard InChI is InChI=1S/C29H31FN4O3/c1-3-20-15-24(28(35)19-8-6-4-5-7-17(2)9-10-19)31-25-16-23(33-34(20)25)21-13-11-18-12-14-22(29(36)37)32-27(18)26(21)30/h11-17,19H,3-10H2,1-2H3,(H,36,37)/t17-,19?/m1/s1. The molecule has 1 aliphatic rings. The molecule has 7 nitrogen and oxygen atoms in total. The summed E-state index contributed by atoms with van der Waals surface area (Å²) in [6.45, 7) is 4.25. The molecular weight excluding hydrogens is 471 g/mol. The first-order valence-corrected chi connectivity index (χ1v) is 13.1. The van der Waals surface area contributed by atoms with E-state index in [9.17, 15) is 14.7 Å². The lowest BCUT2D eigenvalue weighted by molar-refractivity contribution is 0.0690. The van der Waals surface area contributed by atoms with E-state index in [0.717, 1.165) is 37.8 Å². The summed E-state index contributed by atoms with van der Waals surface area (Å²) in [4.78, 5) is 33.5. The summed E-state index contributed by atoms with van der Waals surface area (Å²) in [6, 6.07) is 9.68. The number of hydrogen-bond acceptors (Lipinski definition) is 5. The Labute approximate surface area is 214 Å². The number of pyridine rings is 1. The molecule has 4 aromatic rings. The Morgan fingerprint density at radius 3 is 2.57 bits per heavy atom. The Morgan fingerprint density at radius 1 is 1.00 bits per heavy atom. The minimum Gasteiger partial charge on any atom is -0.477 e. The zero-order valence-corrected chi connectivity index (χ0v) is 21.2. The first kappa shape index (κ1) is 25.0. The van der Waals surface area contributed by atoms with Gasteiger partial charge in [0.1, 0.15) is 16.9 Å². The number of fused-ring (bicyclic) bond motifs is 2. The molecule has 1 aliphatic carbocycles. The molecule has 1 fully saturated rings. The first-order valence-electron chi connectivity index (χ1n) is 13.1. The number of carboxylic acid groups (broad SMARTS) is 1. The number of carboxylic acids is 1. The molecule has 1 aromatic carbocycles. The SMILES string of the molecule is CCc1cc(C(=O)C2CCCCC[C@@H](C)CC2)nc2cc(-c3ccc4ccc(C(=O)O)nc4c3F)nn12. The molecule has 1 N–H and O–H groups in total. The van der Waals surface area contributed by atoms with E-state index < -0.39 is 11.8 Å². The molecule has 0 spiro atoms. The van der Waals surface area contributed by atoms with Crippen molar-refractivity contribution in [1.29, 1.82) is 0 Å². The van der Waals surface area contributed by atoms with E-state index >= 15 is 4.39 Å². The largest absolute Gasteiger partial charge is 0.477 e. The third-order valence-electron chi connectivity index (χ3n) is 7.54. The molecule has 1 saturated carbocycles. The van der Waals surface area contributed by atoms with Gasteiger partial charge in [-0.3, -0.25) is 4.79 Å². The molecule has 3 heterocycles. The van der Waals surface area contributed by atoms with Crippen LogP contribution in [0, 0.1) is 17.7 Å². The number of halogens is 1. The second kappa shape index (κ2) is 10.4. The number of rotatable bonds is 5. The zero-order valence-electron chi connectivity index (χ0n) is 21.2. The molecule has 0 aliphatic heterocycles. The monoisotopic (exact) mass is 502 g/mol. The highest BCUT2D eigenvalue weighted by Crippen LogP contribution is 2.30. The van der Waals surface area contributed by atoms with E-state index in [2.05, 4.69) is 22.0 Å². The summed E-state index contributed by atoms with van der Waals surface area (Å²) in [7, 11) is 0. The lowest BCUT2D eigenvalue weighted by atomic mass is 9.89. The number of nitrogens with zero attached hydrogens (tertiary/aromatic N) is 4. The smallest absolute Gasteiger partial charge is 0.354 e. The van der Waals surface area contributed by atoms with Crippen molar-refractivity contribution in [3.05, 3.63) is 59.3 Å². The highest BCUT2D eigenvalue weighted by Gasteiger charge is 2.25. The molecule has 2 atom stereocenters. The van der Waals surface area contributed by atoms with Crippen molar-refractivity contribution >= 4 is 28.3 Å². The normalized spacial score (nSPS) is 18.9. The van der Waals surface area contributed by atoms with Crippen LogP contribution >= 0.6 is 0 Å². The van der Waals surface area contributed by atoms with Gasteiger partial charge >= 0.3 is 5.97 Å². The number of aryl methyl sites for hydroxylation is 1. The topological polar surface area (TPSA) is 97.5 Å². The van der Waals surface area contributed by atoms with Crippen LogP contribution < -0.4 is 0 Å². The third-order valence-corrected chi connectivity index (χ3v) is 7.54.